The average Bonchev–Trinajstić information content (AvgIpc) is 2.64. The van der Waals surface area contributed by atoms with Gasteiger partial charge >= 0.3 is 0 Å². The highest BCUT2D eigenvalue weighted by Gasteiger charge is 2.12. The van der Waals surface area contributed by atoms with Gasteiger partial charge in [-0.15, -0.1) is 0 Å². The van der Waals surface area contributed by atoms with Crippen LogP contribution in [0.2, 0.25) is 0 Å². The number of halogens is 2. The van der Waals surface area contributed by atoms with E-state index in [0.717, 1.165) is 17.7 Å². The molecule has 27 heavy (non-hydrogen) atoms. The number of amides is 1. The van der Waals surface area contributed by atoms with Crippen molar-refractivity contribution in [1.82, 2.24) is 15.3 Å². The first-order chi connectivity index (χ1) is 13.0. The number of anilines is 2. The second kappa shape index (κ2) is 8.35. The smallest absolute Gasteiger partial charge is 0.270 e. The lowest BCUT2D eigenvalue weighted by atomic mass is 10.1. The molecule has 5 nitrogen and oxygen atoms in total. The third-order valence-electron chi connectivity index (χ3n) is 3.81. The van der Waals surface area contributed by atoms with Crippen LogP contribution in [-0.2, 0) is 6.42 Å². The van der Waals surface area contributed by atoms with E-state index in [2.05, 4.69) is 20.6 Å². The summed E-state index contributed by atoms with van der Waals surface area (Å²) in [7, 11) is 0. The Kier molecular flexibility index (Phi) is 5.71. The van der Waals surface area contributed by atoms with Gasteiger partial charge in [0.2, 0.25) is 0 Å². The highest BCUT2D eigenvalue weighted by molar-refractivity contribution is 5.93. The fourth-order valence-corrected chi connectivity index (χ4v) is 2.53. The fraction of sp³-hybridized carbons (Fsp3) is 0.150. The molecular formula is C20H18F2N4O. The van der Waals surface area contributed by atoms with Crippen molar-refractivity contribution in [3.8, 4) is 0 Å². The molecule has 0 bridgehead atoms. The molecule has 3 rings (SSSR count). The third kappa shape index (κ3) is 5.07. The van der Waals surface area contributed by atoms with Gasteiger partial charge in [0.25, 0.3) is 5.91 Å². The minimum absolute atomic E-state index is 0.0601. The molecule has 138 valence electrons. The summed E-state index contributed by atoms with van der Waals surface area (Å²) in [6, 6.07) is 14.4. The SMILES string of the molecule is Cc1nc(Nc2ccc(F)cc2F)cc(C(=O)NCCc2ccccc2)n1. The quantitative estimate of drug-likeness (QED) is 0.695. The second-order valence-corrected chi connectivity index (χ2v) is 5.93. The number of hydrogen-bond donors (Lipinski definition) is 2. The first-order valence-electron chi connectivity index (χ1n) is 8.41. The molecule has 0 saturated heterocycles. The van der Waals surface area contributed by atoms with E-state index in [1.54, 1.807) is 6.92 Å². The Balaban J connectivity index is 1.67. The van der Waals surface area contributed by atoms with Crippen LogP contribution in [0.5, 0.6) is 0 Å². The standard InChI is InChI=1S/C20H18F2N4O/c1-13-24-18(20(27)23-10-9-14-5-3-2-4-6-14)12-19(25-13)26-17-8-7-15(21)11-16(17)22/h2-8,11-12H,9-10H2,1H3,(H,23,27)(H,24,25,26). The number of carbonyl (C=O) groups is 1. The van der Waals surface area contributed by atoms with E-state index in [9.17, 15) is 13.6 Å². The van der Waals surface area contributed by atoms with Crippen molar-refractivity contribution in [2.75, 3.05) is 11.9 Å². The number of aromatic nitrogens is 2. The summed E-state index contributed by atoms with van der Waals surface area (Å²) in [6.07, 6.45) is 0.697. The molecule has 0 spiro atoms. The van der Waals surface area contributed by atoms with Gasteiger partial charge in [-0.1, -0.05) is 30.3 Å². The molecule has 0 aliphatic rings. The molecule has 1 heterocycles. The molecule has 1 amide bonds. The summed E-state index contributed by atoms with van der Waals surface area (Å²) < 4.78 is 26.8. The Morgan fingerprint density at radius 3 is 2.56 bits per heavy atom. The van der Waals surface area contributed by atoms with E-state index in [1.165, 1.54) is 12.1 Å². The monoisotopic (exact) mass is 368 g/mol. The minimum Gasteiger partial charge on any atom is -0.350 e. The lowest BCUT2D eigenvalue weighted by molar-refractivity contribution is 0.0949. The van der Waals surface area contributed by atoms with Crippen molar-refractivity contribution in [3.05, 3.63) is 83.3 Å². The van der Waals surface area contributed by atoms with Gasteiger partial charge in [0.1, 0.15) is 29.0 Å². The summed E-state index contributed by atoms with van der Waals surface area (Å²) in [5.41, 5.74) is 1.34. The Morgan fingerprint density at radius 2 is 1.81 bits per heavy atom. The van der Waals surface area contributed by atoms with Crippen LogP contribution in [0.25, 0.3) is 0 Å². The van der Waals surface area contributed by atoms with Crippen molar-refractivity contribution in [2.45, 2.75) is 13.3 Å². The number of benzene rings is 2. The summed E-state index contributed by atoms with van der Waals surface area (Å²) in [6.45, 7) is 2.09. The molecule has 0 aliphatic heterocycles. The van der Waals surface area contributed by atoms with Crippen molar-refractivity contribution >= 4 is 17.4 Å². The van der Waals surface area contributed by atoms with Crippen LogP contribution >= 0.6 is 0 Å². The molecule has 3 aromatic rings. The van der Waals surface area contributed by atoms with Gasteiger partial charge < -0.3 is 10.6 Å². The summed E-state index contributed by atoms with van der Waals surface area (Å²) in [4.78, 5) is 20.6. The Bertz CT molecular complexity index is 948. The van der Waals surface area contributed by atoms with Gasteiger partial charge in [-0.05, 0) is 31.0 Å². The topological polar surface area (TPSA) is 66.9 Å². The maximum Gasteiger partial charge on any atom is 0.270 e. The zero-order valence-electron chi connectivity index (χ0n) is 14.7. The normalized spacial score (nSPS) is 10.5. The van der Waals surface area contributed by atoms with Crippen molar-refractivity contribution in [3.63, 3.8) is 0 Å². The number of carbonyl (C=O) groups excluding carboxylic acids is 1. The van der Waals surface area contributed by atoms with Crippen molar-refractivity contribution in [1.29, 1.82) is 0 Å². The Labute approximate surface area is 155 Å². The molecule has 2 aromatic carbocycles. The van der Waals surface area contributed by atoms with Crippen molar-refractivity contribution < 1.29 is 13.6 Å². The minimum atomic E-state index is -0.750. The van der Waals surface area contributed by atoms with Crippen LogP contribution in [0.1, 0.15) is 21.9 Å². The molecule has 2 N–H and O–H groups in total. The van der Waals surface area contributed by atoms with Gasteiger partial charge in [-0.2, -0.15) is 0 Å². The first kappa shape index (κ1) is 18.4. The third-order valence-corrected chi connectivity index (χ3v) is 3.81. The van der Waals surface area contributed by atoms with Crippen LogP contribution in [0, 0.1) is 18.6 Å². The summed E-state index contributed by atoms with van der Waals surface area (Å²) in [5, 5.41) is 5.55. The number of nitrogens with one attached hydrogen (secondary N) is 2. The van der Waals surface area contributed by atoms with E-state index in [4.69, 9.17) is 0 Å². The fourth-order valence-electron chi connectivity index (χ4n) is 2.53. The van der Waals surface area contributed by atoms with Gasteiger partial charge in [0.05, 0.1) is 5.69 Å². The van der Waals surface area contributed by atoms with Gasteiger partial charge in [0, 0.05) is 18.7 Å². The van der Waals surface area contributed by atoms with E-state index in [-0.39, 0.29) is 23.1 Å². The predicted octanol–water partition coefficient (Wildman–Crippen LogP) is 3.78. The zero-order valence-corrected chi connectivity index (χ0v) is 14.7. The molecular weight excluding hydrogens is 350 g/mol. The molecule has 0 unspecified atom stereocenters. The van der Waals surface area contributed by atoms with Crippen LogP contribution < -0.4 is 10.6 Å². The van der Waals surface area contributed by atoms with Gasteiger partial charge in [0.15, 0.2) is 0 Å². The van der Waals surface area contributed by atoms with Crippen molar-refractivity contribution in [2.24, 2.45) is 0 Å². The first-order valence-corrected chi connectivity index (χ1v) is 8.41. The molecule has 0 aliphatic carbocycles. The highest BCUT2D eigenvalue weighted by Crippen LogP contribution is 2.20. The van der Waals surface area contributed by atoms with E-state index in [1.807, 2.05) is 30.3 Å². The number of hydrogen-bond acceptors (Lipinski definition) is 4. The molecule has 7 heteroatoms. The number of nitrogens with zero attached hydrogens (tertiary/aromatic N) is 2. The second-order valence-electron chi connectivity index (χ2n) is 5.93. The van der Waals surface area contributed by atoms with E-state index < -0.39 is 11.6 Å². The zero-order chi connectivity index (χ0) is 19.2. The largest absolute Gasteiger partial charge is 0.350 e. The van der Waals surface area contributed by atoms with Gasteiger partial charge in [-0.3, -0.25) is 4.79 Å². The van der Waals surface area contributed by atoms with Crippen LogP contribution in [-0.4, -0.2) is 22.4 Å². The molecule has 0 saturated carbocycles. The highest BCUT2D eigenvalue weighted by atomic mass is 19.1. The lowest BCUT2D eigenvalue weighted by Crippen LogP contribution is -2.27. The molecule has 0 fully saturated rings. The van der Waals surface area contributed by atoms with E-state index in [0.29, 0.717) is 18.8 Å². The average molecular weight is 368 g/mol. The maximum atomic E-state index is 13.8. The van der Waals surface area contributed by atoms with Crippen LogP contribution in [0.15, 0.2) is 54.6 Å². The molecule has 1 aromatic heterocycles. The molecule has 0 atom stereocenters. The van der Waals surface area contributed by atoms with Crippen LogP contribution in [0.4, 0.5) is 20.3 Å². The summed E-state index contributed by atoms with van der Waals surface area (Å²) >= 11 is 0. The number of aryl methyl sites for hydroxylation is 1. The van der Waals surface area contributed by atoms with E-state index >= 15 is 0 Å². The van der Waals surface area contributed by atoms with Gasteiger partial charge in [-0.25, -0.2) is 18.7 Å². The Hall–Kier alpha value is -3.35. The number of rotatable bonds is 6. The summed E-state index contributed by atoms with van der Waals surface area (Å²) in [5.74, 6) is -1.16. The molecule has 0 radical (unpaired) electrons. The lowest BCUT2D eigenvalue weighted by Gasteiger charge is -2.10. The van der Waals surface area contributed by atoms with Crippen LogP contribution in [0.3, 0.4) is 0 Å². The predicted molar refractivity (Wildman–Crippen MR) is 98.9 cm³/mol. The maximum absolute atomic E-state index is 13.8. The Morgan fingerprint density at radius 1 is 1.04 bits per heavy atom.